The van der Waals surface area contributed by atoms with Gasteiger partial charge in [0, 0.05) is 53.3 Å². The second kappa shape index (κ2) is 11.3. The van der Waals surface area contributed by atoms with E-state index in [0.29, 0.717) is 0 Å². The number of nitrogens with zero attached hydrogens (tertiary/aromatic N) is 1. The molecule has 1 heterocycles. The van der Waals surface area contributed by atoms with Gasteiger partial charge < -0.3 is 4.90 Å². The van der Waals surface area contributed by atoms with Crippen molar-refractivity contribution in [2.75, 3.05) is 4.90 Å². The van der Waals surface area contributed by atoms with Gasteiger partial charge in [0.1, 0.15) is 0 Å². The minimum absolute atomic E-state index is 0.0927. The molecule has 258 valence electrons. The Kier molecular flexibility index (Phi) is 6.59. The van der Waals surface area contributed by atoms with Gasteiger partial charge >= 0.3 is 0 Å². The van der Waals surface area contributed by atoms with E-state index in [2.05, 4.69) is 196 Å². The maximum absolute atomic E-state index is 2.51. The highest BCUT2D eigenvalue weighted by molar-refractivity contribution is 7.26. The summed E-state index contributed by atoms with van der Waals surface area (Å²) in [6.45, 7) is 9.48. The zero-order valence-corrected chi connectivity index (χ0v) is 31.8. The van der Waals surface area contributed by atoms with Crippen LogP contribution in [0, 0.1) is 0 Å². The first-order chi connectivity index (χ1) is 26.3. The van der Waals surface area contributed by atoms with Crippen LogP contribution in [-0.4, -0.2) is 0 Å². The van der Waals surface area contributed by atoms with E-state index in [4.69, 9.17) is 0 Å². The van der Waals surface area contributed by atoms with Gasteiger partial charge in [-0.1, -0.05) is 149 Å². The summed E-state index contributed by atoms with van der Waals surface area (Å²) in [7, 11) is 0. The van der Waals surface area contributed by atoms with Crippen LogP contribution < -0.4 is 4.90 Å². The molecule has 2 heteroatoms. The minimum atomic E-state index is -0.101. The van der Waals surface area contributed by atoms with E-state index < -0.39 is 0 Å². The lowest BCUT2D eigenvalue weighted by molar-refractivity contribution is 0.660. The molecule has 1 aromatic heterocycles. The molecule has 54 heavy (non-hydrogen) atoms. The molecule has 0 saturated carbocycles. The lowest BCUT2D eigenvalue weighted by Gasteiger charge is -2.30. The molecule has 8 aromatic carbocycles. The van der Waals surface area contributed by atoms with E-state index in [1.54, 1.807) is 0 Å². The average molecular weight is 710 g/mol. The molecule has 11 rings (SSSR count). The summed E-state index contributed by atoms with van der Waals surface area (Å²) in [5.74, 6) is 0. The fraction of sp³-hybridized carbons (Fsp3) is 0.115. The number of benzene rings is 8. The summed E-state index contributed by atoms with van der Waals surface area (Å²) in [6, 6.07) is 61.4. The molecule has 0 saturated heterocycles. The highest BCUT2D eigenvalue weighted by atomic mass is 32.1. The smallest absolute Gasteiger partial charge is 0.0543 e. The maximum Gasteiger partial charge on any atom is 0.0543 e. The summed E-state index contributed by atoms with van der Waals surface area (Å²) < 4.78 is 2.70. The predicted molar refractivity (Wildman–Crippen MR) is 232 cm³/mol. The highest BCUT2D eigenvalue weighted by Gasteiger charge is 2.39. The predicted octanol–water partition coefficient (Wildman–Crippen LogP) is 15.0. The standard InChI is InChI=1S/C52H39NS/c1-51(2)44-20-11-8-18-40(44)49-45(51)21-13-22-47(49)53(34-28-29-37-36-15-7-10-19-43(36)52(3,4)46(37)30-34)33-26-24-32(25-27-33)41-31-42-38-16-9-12-23-48(38)54-50(42)39-17-6-5-14-35(39)41/h5-31H,1-4H3. The van der Waals surface area contributed by atoms with Crippen LogP contribution in [0.1, 0.15) is 49.9 Å². The normalized spacial score (nSPS) is 14.6. The molecular formula is C52H39NS. The van der Waals surface area contributed by atoms with Gasteiger partial charge in [0.25, 0.3) is 0 Å². The fourth-order valence-corrected chi connectivity index (χ4v) is 11.0. The van der Waals surface area contributed by atoms with Crippen molar-refractivity contribution >= 4 is 59.3 Å². The summed E-state index contributed by atoms with van der Waals surface area (Å²) in [5.41, 5.74) is 16.7. The van der Waals surface area contributed by atoms with Crippen LogP contribution in [0.4, 0.5) is 17.1 Å². The Labute approximate surface area is 320 Å². The number of anilines is 3. The number of thiophene rings is 1. The van der Waals surface area contributed by atoms with E-state index in [1.807, 2.05) is 11.3 Å². The lowest BCUT2D eigenvalue weighted by Crippen LogP contribution is -2.17. The van der Waals surface area contributed by atoms with Crippen LogP contribution in [0.3, 0.4) is 0 Å². The van der Waals surface area contributed by atoms with E-state index in [9.17, 15) is 0 Å². The number of rotatable bonds is 4. The second-order valence-corrected chi connectivity index (χ2v) is 17.1. The van der Waals surface area contributed by atoms with Gasteiger partial charge in [0.05, 0.1) is 5.69 Å². The Balaban J connectivity index is 1.12. The molecule has 9 aromatic rings. The van der Waals surface area contributed by atoms with Crippen molar-refractivity contribution in [2.45, 2.75) is 38.5 Å². The third-order valence-electron chi connectivity index (χ3n) is 12.5. The van der Waals surface area contributed by atoms with Crippen LogP contribution in [0.2, 0.25) is 0 Å². The third-order valence-corrected chi connectivity index (χ3v) is 13.7. The molecule has 0 unspecified atom stereocenters. The summed E-state index contributed by atoms with van der Waals surface area (Å²) >= 11 is 1.90. The van der Waals surface area contributed by atoms with Gasteiger partial charge in [-0.2, -0.15) is 0 Å². The summed E-state index contributed by atoms with van der Waals surface area (Å²) in [5, 5.41) is 5.27. The molecule has 1 nitrogen and oxygen atoms in total. The molecule has 0 bridgehead atoms. The molecule has 0 spiro atoms. The minimum Gasteiger partial charge on any atom is -0.310 e. The molecule has 0 N–H and O–H groups in total. The lowest BCUT2D eigenvalue weighted by atomic mass is 9.82. The molecule has 0 amide bonds. The molecular weight excluding hydrogens is 671 g/mol. The number of hydrogen-bond acceptors (Lipinski definition) is 2. The van der Waals surface area contributed by atoms with Gasteiger partial charge in [0.15, 0.2) is 0 Å². The van der Waals surface area contributed by atoms with E-state index >= 15 is 0 Å². The van der Waals surface area contributed by atoms with Crippen LogP contribution in [0.15, 0.2) is 164 Å². The quantitative estimate of drug-likeness (QED) is 0.176. The first kappa shape index (κ1) is 31.6. The molecule has 0 aliphatic heterocycles. The van der Waals surface area contributed by atoms with Gasteiger partial charge in [-0.05, 0) is 97.9 Å². The van der Waals surface area contributed by atoms with E-state index in [-0.39, 0.29) is 10.8 Å². The molecule has 0 radical (unpaired) electrons. The second-order valence-electron chi connectivity index (χ2n) is 16.1. The average Bonchev–Trinajstić information content (AvgIpc) is 3.78. The Morgan fingerprint density at radius 1 is 0.407 bits per heavy atom. The monoisotopic (exact) mass is 709 g/mol. The Morgan fingerprint density at radius 2 is 1.00 bits per heavy atom. The fourth-order valence-electron chi connectivity index (χ4n) is 9.76. The zero-order chi connectivity index (χ0) is 36.3. The SMILES string of the molecule is CC1(C)c2ccccc2-c2ccc(N(c3ccc(-c4cc5c6ccccc6sc5c5ccccc45)cc3)c3cccc4c3-c3ccccc3C4(C)C)cc21. The van der Waals surface area contributed by atoms with Crippen LogP contribution in [0.5, 0.6) is 0 Å². The first-order valence-corrected chi connectivity index (χ1v) is 19.8. The van der Waals surface area contributed by atoms with Crippen molar-refractivity contribution in [1.29, 1.82) is 0 Å². The third kappa shape index (κ3) is 4.32. The number of fused-ring (bicyclic) bond motifs is 11. The topological polar surface area (TPSA) is 3.24 Å². The first-order valence-electron chi connectivity index (χ1n) is 19.0. The largest absolute Gasteiger partial charge is 0.310 e. The van der Waals surface area contributed by atoms with Gasteiger partial charge in [-0.3, -0.25) is 0 Å². The van der Waals surface area contributed by atoms with Crippen molar-refractivity contribution in [1.82, 2.24) is 0 Å². The van der Waals surface area contributed by atoms with Gasteiger partial charge in [-0.25, -0.2) is 0 Å². The van der Waals surface area contributed by atoms with Gasteiger partial charge in [-0.15, -0.1) is 11.3 Å². The van der Waals surface area contributed by atoms with Crippen LogP contribution in [0.25, 0.3) is 64.3 Å². The summed E-state index contributed by atoms with van der Waals surface area (Å²) in [6.07, 6.45) is 0. The Bertz CT molecular complexity index is 3000. The van der Waals surface area contributed by atoms with Crippen molar-refractivity contribution in [3.05, 3.63) is 186 Å². The van der Waals surface area contributed by atoms with Gasteiger partial charge in [0.2, 0.25) is 0 Å². The van der Waals surface area contributed by atoms with Crippen molar-refractivity contribution in [3.63, 3.8) is 0 Å². The zero-order valence-electron chi connectivity index (χ0n) is 30.9. The Hall–Kier alpha value is -5.96. The molecule has 2 aliphatic carbocycles. The highest BCUT2D eigenvalue weighted by Crippen LogP contribution is 2.56. The molecule has 2 aliphatic rings. The van der Waals surface area contributed by atoms with Crippen LogP contribution >= 0.6 is 11.3 Å². The molecule has 0 atom stereocenters. The number of hydrogen-bond donors (Lipinski definition) is 0. The van der Waals surface area contributed by atoms with E-state index in [1.165, 1.54) is 98.0 Å². The van der Waals surface area contributed by atoms with Crippen LogP contribution in [-0.2, 0) is 10.8 Å². The van der Waals surface area contributed by atoms with Crippen molar-refractivity contribution in [3.8, 4) is 33.4 Å². The van der Waals surface area contributed by atoms with Crippen molar-refractivity contribution in [2.24, 2.45) is 0 Å². The molecule has 0 fully saturated rings. The maximum atomic E-state index is 2.51. The Morgan fingerprint density at radius 3 is 1.80 bits per heavy atom. The summed E-state index contributed by atoms with van der Waals surface area (Å²) in [4.78, 5) is 2.51. The van der Waals surface area contributed by atoms with Crippen molar-refractivity contribution < 1.29 is 0 Å². The van der Waals surface area contributed by atoms with E-state index in [0.717, 1.165) is 5.69 Å².